The van der Waals surface area contributed by atoms with Crippen LogP contribution in [0.2, 0.25) is 0 Å². The van der Waals surface area contributed by atoms with Gasteiger partial charge in [0.25, 0.3) is 0 Å². The van der Waals surface area contributed by atoms with E-state index in [0.717, 1.165) is 0 Å². The van der Waals surface area contributed by atoms with Crippen molar-refractivity contribution in [2.45, 2.75) is 31.1 Å². The molecule has 0 heterocycles. The Morgan fingerprint density at radius 1 is 1.35 bits per heavy atom. The van der Waals surface area contributed by atoms with Gasteiger partial charge in [-0.25, -0.2) is 9.18 Å². The first-order valence-electron chi connectivity index (χ1n) is 9.97. The fourth-order valence-electron chi connectivity index (χ4n) is 4.79. The zero-order valence-corrected chi connectivity index (χ0v) is 17.2. The number of hydrogen-bond acceptors (Lipinski definition) is 6. The van der Waals surface area contributed by atoms with Gasteiger partial charge in [0.2, 0.25) is 0 Å². The number of hydrogen-bond donors (Lipinski definition) is 1. The molecule has 0 unspecified atom stereocenters. The summed E-state index contributed by atoms with van der Waals surface area (Å²) in [6.07, 6.45) is 0.909. The number of fused-ring (bicyclic) bond motifs is 1. The van der Waals surface area contributed by atoms with Gasteiger partial charge in [-0.05, 0) is 41.9 Å². The van der Waals surface area contributed by atoms with Crippen LogP contribution in [0.25, 0.3) is 0 Å². The van der Waals surface area contributed by atoms with Crippen LogP contribution in [0, 0.1) is 23.6 Å². The first kappa shape index (κ1) is 22.9. The van der Waals surface area contributed by atoms with Gasteiger partial charge < -0.3 is 24.1 Å². The number of nitrogens with zero attached hydrogens (tertiary/aromatic N) is 1. The van der Waals surface area contributed by atoms with E-state index in [9.17, 15) is 23.9 Å². The number of rotatable bonds is 11. The number of carboxylic acids is 1. The van der Waals surface area contributed by atoms with Crippen LogP contribution in [0.4, 0.5) is 9.18 Å². The average Bonchev–Trinajstić information content (AvgIpc) is 3.29. The second-order valence-electron chi connectivity index (χ2n) is 7.83. The summed E-state index contributed by atoms with van der Waals surface area (Å²) in [4.78, 5) is 37.8. The van der Waals surface area contributed by atoms with E-state index in [-0.39, 0.29) is 49.9 Å². The van der Waals surface area contributed by atoms with E-state index >= 15 is 0 Å². The predicted molar refractivity (Wildman–Crippen MR) is 106 cm³/mol. The summed E-state index contributed by atoms with van der Waals surface area (Å²) in [5.41, 5.74) is -0.726. The number of carbonyl (C=O) groups is 3. The van der Waals surface area contributed by atoms with Crippen LogP contribution in [0.1, 0.15) is 18.4 Å². The third-order valence-corrected chi connectivity index (χ3v) is 6.10. The summed E-state index contributed by atoms with van der Waals surface area (Å²) < 4.78 is 29.6. The fourth-order valence-corrected chi connectivity index (χ4v) is 4.79. The van der Waals surface area contributed by atoms with E-state index in [1.54, 1.807) is 12.1 Å². The Morgan fingerprint density at radius 3 is 2.65 bits per heavy atom. The molecule has 1 aromatic carbocycles. The highest BCUT2D eigenvalue weighted by molar-refractivity contribution is 5.80. The highest BCUT2D eigenvalue weighted by Gasteiger charge is 2.73. The first-order valence-corrected chi connectivity index (χ1v) is 9.97. The standard InChI is InChI=1S/C22H26FNO7/c1-3-8-30-21(28)24(13-29-2)22(12-25)18(9-16-17(20(16)22)10-19(26)27)31-11-14-4-6-15(23)7-5-14/h3-7,12,16-18,20H,1,8-11,13H2,2H3,(H,26,27)/t16-,17-,18+,20-,22-/m0/s1. The van der Waals surface area contributed by atoms with Crippen LogP contribution in [-0.4, -0.2) is 60.4 Å². The van der Waals surface area contributed by atoms with Crippen molar-refractivity contribution >= 4 is 18.3 Å². The van der Waals surface area contributed by atoms with Crippen LogP contribution in [0.5, 0.6) is 0 Å². The normalized spacial score (nSPS) is 28.5. The Labute approximate surface area is 179 Å². The number of aldehydes is 1. The number of benzene rings is 1. The van der Waals surface area contributed by atoms with E-state index in [0.29, 0.717) is 18.3 Å². The second-order valence-corrected chi connectivity index (χ2v) is 7.83. The summed E-state index contributed by atoms with van der Waals surface area (Å²) in [6.45, 7) is 3.33. The molecule has 0 spiro atoms. The Bertz CT molecular complexity index is 830. The van der Waals surface area contributed by atoms with Crippen molar-refractivity contribution < 1.29 is 38.1 Å². The molecule has 3 rings (SSSR count). The average molecular weight is 435 g/mol. The summed E-state index contributed by atoms with van der Waals surface area (Å²) in [6, 6.07) is 5.77. The highest BCUT2D eigenvalue weighted by Crippen LogP contribution is 2.65. The number of aliphatic carboxylic acids is 1. The zero-order valence-electron chi connectivity index (χ0n) is 17.2. The monoisotopic (exact) mass is 435 g/mol. The molecule has 0 radical (unpaired) electrons. The molecule has 9 heteroatoms. The largest absolute Gasteiger partial charge is 0.481 e. The second kappa shape index (κ2) is 9.57. The van der Waals surface area contributed by atoms with Gasteiger partial charge in [-0.1, -0.05) is 24.8 Å². The smallest absolute Gasteiger partial charge is 0.412 e. The van der Waals surface area contributed by atoms with Gasteiger partial charge in [-0.15, -0.1) is 0 Å². The van der Waals surface area contributed by atoms with Crippen molar-refractivity contribution in [3.63, 3.8) is 0 Å². The first-order chi connectivity index (χ1) is 14.9. The van der Waals surface area contributed by atoms with Crippen molar-refractivity contribution in [1.29, 1.82) is 0 Å². The van der Waals surface area contributed by atoms with Gasteiger partial charge >= 0.3 is 12.1 Å². The fraction of sp³-hybridized carbons (Fsp3) is 0.500. The molecule has 8 nitrogen and oxygen atoms in total. The number of halogens is 1. The number of carbonyl (C=O) groups excluding carboxylic acids is 2. The Morgan fingerprint density at radius 2 is 2.06 bits per heavy atom. The summed E-state index contributed by atoms with van der Waals surface area (Å²) in [5.74, 6) is -2.05. The van der Waals surface area contributed by atoms with Crippen molar-refractivity contribution in [2.75, 3.05) is 20.4 Å². The summed E-state index contributed by atoms with van der Waals surface area (Å²) >= 11 is 0. The quantitative estimate of drug-likeness (QED) is 0.324. The Balaban J connectivity index is 1.88. The van der Waals surface area contributed by atoms with E-state index in [1.165, 1.54) is 30.2 Å². The molecule has 5 atom stereocenters. The topological polar surface area (TPSA) is 102 Å². The van der Waals surface area contributed by atoms with Gasteiger partial charge in [0, 0.05) is 13.5 Å². The molecule has 1 amide bonds. The molecule has 31 heavy (non-hydrogen) atoms. The Hall–Kier alpha value is -2.78. The molecule has 2 aliphatic carbocycles. The third-order valence-electron chi connectivity index (χ3n) is 6.10. The van der Waals surface area contributed by atoms with E-state index in [4.69, 9.17) is 14.2 Å². The highest BCUT2D eigenvalue weighted by atomic mass is 19.1. The van der Waals surface area contributed by atoms with Crippen molar-refractivity contribution in [1.82, 2.24) is 4.90 Å². The lowest BCUT2D eigenvalue weighted by Crippen LogP contribution is -2.61. The van der Waals surface area contributed by atoms with Crippen molar-refractivity contribution in [3.05, 3.63) is 48.3 Å². The molecule has 0 saturated heterocycles. The maximum Gasteiger partial charge on any atom is 0.412 e. The van der Waals surface area contributed by atoms with Gasteiger partial charge in [0.1, 0.15) is 31.0 Å². The Kier molecular flexibility index (Phi) is 7.07. The molecular formula is C22H26FNO7. The molecule has 0 bridgehead atoms. The minimum Gasteiger partial charge on any atom is -0.481 e. The lowest BCUT2D eigenvalue weighted by Gasteiger charge is -2.42. The molecule has 2 aliphatic rings. The number of amides is 1. The summed E-state index contributed by atoms with van der Waals surface area (Å²) in [7, 11) is 1.38. The molecular weight excluding hydrogens is 409 g/mol. The van der Waals surface area contributed by atoms with Gasteiger partial charge in [-0.3, -0.25) is 9.69 Å². The summed E-state index contributed by atoms with van der Waals surface area (Å²) in [5, 5.41) is 9.24. The van der Waals surface area contributed by atoms with Gasteiger partial charge in [-0.2, -0.15) is 0 Å². The molecule has 2 saturated carbocycles. The predicted octanol–water partition coefficient (Wildman–Crippen LogP) is 2.62. The molecule has 1 N–H and O–H groups in total. The van der Waals surface area contributed by atoms with Crippen LogP contribution in [0.3, 0.4) is 0 Å². The zero-order chi connectivity index (χ0) is 22.6. The molecule has 2 fully saturated rings. The van der Waals surface area contributed by atoms with Crippen LogP contribution < -0.4 is 0 Å². The number of ether oxygens (including phenoxy) is 3. The van der Waals surface area contributed by atoms with E-state index in [2.05, 4.69) is 6.58 Å². The van der Waals surface area contributed by atoms with E-state index < -0.39 is 23.7 Å². The molecule has 1 aromatic rings. The van der Waals surface area contributed by atoms with Crippen LogP contribution in [-0.2, 0) is 30.4 Å². The van der Waals surface area contributed by atoms with Crippen molar-refractivity contribution in [2.24, 2.45) is 17.8 Å². The maximum absolute atomic E-state index is 13.2. The number of methoxy groups -OCH3 is 1. The van der Waals surface area contributed by atoms with Crippen LogP contribution >= 0.6 is 0 Å². The van der Waals surface area contributed by atoms with Crippen molar-refractivity contribution in [3.8, 4) is 0 Å². The minimum atomic E-state index is -1.43. The minimum absolute atomic E-state index is 0.0538. The molecule has 0 aromatic heterocycles. The number of carboxylic acid groups (broad SMARTS) is 1. The lowest BCUT2D eigenvalue weighted by molar-refractivity contribution is -0.142. The van der Waals surface area contributed by atoms with Gasteiger partial charge in [0.05, 0.1) is 12.7 Å². The molecule has 0 aliphatic heterocycles. The van der Waals surface area contributed by atoms with Crippen LogP contribution in [0.15, 0.2) is 36.9 Å². The lowest BCUT2D eigenvalue weighted by atomic mass is 9.86. The third kappa shape index (κ3) is 4.47. The van der Waals surface area contributed by atoms with E-state index in [1.807, 2.05) is 0 Å². The van der Waals surface area contributed by atoms with Gasteiger partial charge in [0.15, 0.2) is 0 Å². The SMILES string of the molecule is C=CCOC(=O)N(COC)[C@]1(C=O)[C@@H]2[C@@H](CC(=O)O)[C@@H]2C[C@H]1OCc1ccc(F)cc1. The molecule has 168 valence electrons. The maximum atomic E-state index is 13.2.